The number of nitrogens with zero attached hydrogens (tertiary/aromatic N) is 1. The molecule has 1 rings (SSSR count). The van der Waals surface area contributed by atoms with Gasteiger partial charge in [-0.15, -0.1) is 0 Å². The second kappa shape index (κ2) is 11.2. The molecular formula is C17H28N2O3. The molecule has 22 heavy (non-hydrogen) atoms. The van der Waals surface area contributed by atoms with E-state index >= 15 is 0 Å². The first-order chi connectivity index (χ1) is 10.6. The van der Waals surface area contributed by atoms with Crippen molar-refractivity contribution in [2.24, 2.45) is 0 Å². The second-order valence-corrected chi connectivity index (χ2v) is 5.38. The first-order valence-electron chi connectivity index (χ1n) is 7.70. The van der Waals surface area contributed by atoms with E-state index in [0.29, 0.717) is 32.8 Å². The number of benzene rings is 1. The molecule has 0 fully saturated rings. The van der Waals surface area contributed by atoms with Gasteiger partial charge in [-0.1, -0.05) is 30.3 Å². The van der Waals surface area contributed by atoms with Gasteiger partial charge in [0.1, 0.15) is 0 Å². The molecule has 1 N–H and O–H groups in total. The number of carbonyl (C=O) groups is 1. The topological polar surface area (TPSA) is 50.8 Å². The van der Waals surface area contributed by atoms with Crippen LogP contribution in [0.2, 0.25) is 0 Å². The van der Waals surface area contributed by atoms with Crippen LogP contribution in [0.15, 0.2) is 30.3 Å². The maximum absolute atomic E-state index is 11.9. The Balaban J connectivity index is 2.26. The summed E-state index contributed by atoms with van der Waals surface area (Å²) in [5, 5.41) is 2.88. The SMILES string of the molecule is COCCOCCNC(=O)CCC(c1ccccc1)N(C)C. The van der Waals surface area contributed by atoms with Gasteiger partial charge in [-0.2, -0.15) is 0 Å². The number of amides is 1. The van der Waals surface area contributed by atoms with E-state index in [0.717, 1.165) is 6.42 Å². The summed E-state index contributed by atoms with van der Waals surface area (Å²) in [5.74, 6) is 0.0677. The molecule has 5 nitrogen and oxygen atoms in total. The molecule has 0 spiro atoms. The Morgan fingerprint density at radius 2 is 1.91 bits per heavy atom. The largest absolute Gasteiger partial charge is 0.382 e. The summed E-state index contributed by atoms with van der Waals surface area (Å²) < 4.78 is 10.2. The Labute approximate surface area is 133 Å². The van der Waals surface area contributed by atoms with Gasteiger partial charge in [0.15, 0.2) is 0 Å². The number of hydrogen-bond acceptors (Lipinski definition) is 4. The Morgan fingerprint density at radius 1 is 1.18 bits per heavy atom. The monoisotopic (exact) mass is 308 g/mol. The van der Waals surface area contributed by atoms with E-state index in [2.05, 4.69) is 22.3 Å². The van der Waals surface area contributed by atoms with Gasteiger partial charge >= 0.3 is 0 Å². The summed E-state index contributed by atoms with van der Waals surface area (Å²) in [4.78, 5) is 14.0. The lowest BCUT2D eigenvalue weighted by atomic mass is 10.0. The zero-order valence-corrected chi connectivity index (χ0v) is 13.9. The van der Waals surface area contributed by atoms with E-state index in [1.807, 2.05) is 32.3 Å². The molecule has 0 bridgehead atoms. The van der Waals surface area contributed by atoms with Crippen molar-refractivity contribution in [3.63, 3.8) is 0 Å². The number of carbonyl (C=O) groups excluding carboxylic acids is 1. The molecule has 124 valence electrons. The molecule has 1 unspecified atom stereocenters. The number of hydrogen-bond donors (Lipinski definition) is 1. The Kier molecular flexibility index (Phi) is 9.46. The summed E-state index contributed by atoms with van der Waals surface area (Å²) in [6.07, 6.45) is 1.31. The number of ether oxygens (including phenoxy) is 2. The van der Waals surface area contributed by atoms with Crippen LogP contribution in [-0.4, -0.2) is 58.4 Å². The Bertz CT molecular complexity index is 410. The van der Waals surface area contributed by atoms with Crippen LogP contribution >= 0.6 is 0 Å². The highest BCUT2D eigenvalue weighted by Gasteiger charge is 2.15. The van der Waals surface area contributed by atoms with Crippen LogP contribution in [0.4, 0.5) is 0 Å². The molecule has 1 aromatic rings. The maximum atomic E-state index is 11.9. The van der Waals surface area contributed by atoms with Crippen LogP contribution in [0, 0.1) is 0 Å². The first kappa shape index (κ1) is 18.6. The van der Waals surface area contributed by atoms with E-state index in [-0.39, 0.29) is 11.9 Å². The summed E-state index contributed by atoms with van der Waals surface area (Å²) in [6.45, 7) is 2.20. The van der Waals surface area contributed by atoms with E-state index in [1.165, 1.54) is 5.56 Å². The predicted octanol–water partition coefficient (Wildman–Crippen LogP) is 1.85. The highest BCUT2D eigenvalue weighted by atomic mass is 16.5. The molecule has 0 aliphatic rings. The lowest BCUT2D eigenvalue weighted by Crippen LogP contribution is -2.29. The summed E-state index contributed by atoms with van der Waals surface area (Å²) >= 11 is 0. The molecule has 1 amide bonds. The highest BCUT2D eigenvalue weighted by molar-refractivity contribution is 5.75. The number of rotatable bonds is 11. The van der Waals surface area contributed by atoms with Crippen molar-refractivity contribution < 1.29 is 14.3 Å². The van der Waals surface area contributed by atoms with Crippen molar-refractivity contribution in [1.29, 1.82) is 0 Å². The van der Waals surface area contributed by atoms with Crippen LogP contribution in [0.1, 0.15) is 24.4 Å². The van der Waals surface area contributed by atoms with E-state index in [4.69, 9.17) is 9.47 Å². The third kappa shape index (κ3) is 7.54. The highest BCUT2D eigenvalue weighted by Crippen LogP contribution is 2.22. The van der Waals surface area contributed by atoms with Crippen molar-refractivity contribution in [2.45, 2.75) is 18.9 Å². The lowest BCUT2D eigenvalue weighted by Gasteiger charge is -2.24. The molecule has 0 radical (unpaired) electrons. The normalized spacial score (nSPS) is 12.4. The van der Waals surface area contributed by atoms with Gasteiger partial charge < -0.3 is 19.7 Å². The van der Waals surface area contributed by atoms with Crippen LogP contribution < -0.4 is 5.32 Å². The molecule has 0 aliphatic carbocycles. The fourth-order valence-electron chi connectivity index (χ4n) is 2.26. The zero-order valence-electron chi connectivity index (χ0n) is 13.9. The zero-order chi connectivity index (χ0) is 16.2. The van der Waals surface area contributed by atoms with Gasteiger partial charge in [0, 0.05) is 26.1 Å². The average Bonchev–Trinajstić information content (AvgIpc) is 2.51. The number of nitrogens with one attached hydrogen (secondary N) is 1. The van der Waals surface area contributed by atoms with E-state index < -0.39 is 0 Å². The van der Waals surface area contributed by atoms with E-state index in [1.54, 1.807) is 7.11 Å². The van der Waals surface area contributed by atoms with Crippen LogP contribution in [0.5, 0.6) is 0 Å². The molecule has 0 saturated carbocycles. The fraction of sp³-hybridized carbons (Fsp3) is 0.588. The summed E-state index contributed by atoms with van der Waals surface area (Å²) in [6, 6.07) is 10.5. The molecule has 5 heteroatoms. The second-order valence-electron chi connectivity index (χ2n) is 5.38. The van der Waals surface area contributed by atoms with Crippen LogP contribution in [-0.2, 0) is 14.3 Å². The molecule has 1 aromatic carbocycles. The predicted molar refractivity (Wildman–Crippen MR) is 87.8 cm³/mol. The minimum atomic E-state index is 0.0677. The molecule has 0 heterocycles. The van der Waals surface area contributed by atoms with Gasteiger partial charge in [-0.3, -0.25) is 4.79 Å². The van der Waals surface area contributed by atoms with Crippen molar-refractivity contribution >= 4 is 5.91 Å². The quantitative estimate of drug-likeness (QED) is 0.634. The lowest BCUT2D eigenvalue weighted by molar-refractivity contribution is -0.121. The molecule has 1 atom stereocenters. The Morgan fingerprint density at radius 3 is 2.55 bits per heavy atom. The van der Waals surface area contributed by atoms with Crippen molar-refractivity contribution in [2.75, 3.05) is 47.6 Å². The smallest absolute Gasteiger partial charge is 0.220 e. The van der Waals surface area contributed by atoms with Crippen LogP contribution in [0.3, 0.4) is 0 Å². The minimum Gasteiger partial charge on any atom is -0.382 e. The van der Waals surface area contributed by atoms with Crippen LogP contribution in [0.25, 0.3) is 0 Å². The third-order valence-electron chi connectivity index (χ3n) is 3.45. The van der Waals surface area contributed by atoms with Gasteiger partial charge in [-0.05, 0) is 26.1 Å². The summed E-state index contributed by atoms with van der Waals surface area (Å²) in [5.41, 5.74) is 1.24. The molecular weight excluding hydrogens is 280 g/mol. The molecule has 0 saturated heterocycles. The van der Waals surface area contributed by atoms with Crippen molar-refractivity contribution in [3.8, 4) is 0 Å². The molecule has 0 aromatic heterocycles. The van der Waals surface area contributed by atoms with Gasteiger partial charge in [-0.25, -0.2) is 0 Å². The van der Waals surface area contributed by atoms with Gasteiger partial charge in [0.05, 0.1) is 19.8 Å². The van der Waals surface area contributed by atoms with Crippen molar-refractivity contribution in [3.05, 3.63) is 35.9 Å². The maximum Gasteiger partial charge on any atom is 0.220 e. The first-order valence-corrected chi connectivity index (χ1v) is 7.70. The van der Waals surface area contributed by atoms with Gasteiger partial charge in [0.2, 0.25) is 5.91 Å². The fourth-order valence-corrected chi connectivity index (χ4v) is 2.26. The standard InChI is InChI=1S/C17H28N2O3/c1-19(2)16(15-7-5-4-6-8-15)9-10-17(20)18-11-12-22-14-13-21-3/h4-8,16H,9-14H2,1-3H3,(H,18,20). The molecule has 0 aliphatic heterocycles. The van der Waals surface area contributed by atoms with Gasteiger partial charge in [0.25, 0.3) is 0 Å². The van der Waals surface area contributed by atoms with Crippen molar-refractivity contribution in [1.82, 2.24) is 10.2 Å². The summed E-state index contributed by atoms with van der Waals surface area (Å²) in [7, 11) is 5.72. The third-order valence-corrected chi connectivity index (χ3v) is 3.45. The van der Waals surface area contributed by atoms with E-state index in [9.17, 15) is 4.79 Å². The Hall–Kier alpha value is -1.43. The minimum absolute atomic E-state index is 0.0677. The number of methoxy groups -OCH3 is 1. The average molecular weight is 308 g/mol.